The molecule has 9 heteroatoms. The molecule has 1 atom stereocenters. The van der Waals surface area contributed by atoms with Crippen molar-refractivity contribution in [3.8, 4) is 0 Å². The Bertz CT molecular complexity index is 952. The first kappa shape index (κ1) is 18.2. The lowest BCUT2D eigenvalue weighted by Crippen LogP contribution is -2.26. The van der Waals surface area contributed by atoms with Crippen LogP contribution < -0.4 is 5.56 Å². The molecule has 0 unspecified atom stereocenters. The fourth-order valence-electron chi connectivity index (χ4n) is 2.47. The van der Waals surface area contributed by atoms with Crippen LogP contribution in [-0.4, -0.2) is 30.1 Å². The predicted octanol–water partition coefficient (Wildman–Crippen LogP) is 1.40. The fourth-order valence-corrected chi connectivity index (χ4v) is 2.60. The molecule has 0 bridgehead atoms. The minimum Gasteiger partial charge on any atom is -0.390 e. The van der Waals surface area contributed by atoms with Crippen LogP contribution >= 0.6 is 11.6 Å². The smallest absolute Gasteiger partial charge is 0.270 e. The summed E-state index contributed by atoms with van der Waals surface area (Å²) in [5, 5.41) is 27.9. The molecular formula is C17H17ClN4O4. The molecule has 3 rings (SSSR count). The standard InChI is InChI=1S/C17H17ClN4O4/c1-10-6-13(9-23)20-22(17(10)25)8-16-19-15(21-26-16)7-14(24)11-2-4-12(18)5-3-11/h2-6,14,23-24H,7-9H2,1H3/t14-/m0/s1. The van der Waals surface area contributed by atoms with Gasteiger partial charge in [0.15, 0.2) is 5.82 Å². The number of hydrogen-bond acceptors (Lipinski definition) is 7. The number of nitrogens with zero attached hydrogens (tertiary/aromatic N) is 4. The third-order valence-electron chi connectivity index (χ3n) is 3.79. The van der Waals surface area contributed by atoms with Gasteiger partial charge in [0.05, 0.1) is 18.4 Å². The van der Waals surface area contributed by atoms with Gasteiger partial charge in [-0.2, -0.15) is 10.1 Å². The zero-order valence-corrected chi connectivity index (χ0v) is 14.7. The summed E-state index contributed by atoms with van der Waals surface area (Å²) >= 11 is 5.83. The van der Waals surface area contributed by atoms with Crippen molar-refractivity contribution in [3.05, 3.63) is 74.2 Å². The molecule has 0 saturated heterocycles. The highest BCUT2D eigenvalue weighted by atomic mass is 35.5. The lowest BCUT2D eigenvalue weighted by molar-refractivity contribution is 0.174. The normalized spacial score (nSPS) is 12.3. The van der Waals surface area contributed by atoms with Gasteiger partial charge in [-0.3, -0.25) is 4.79 Å². The Morgan fingerprint density at radius 1 is 1.31 bits per heavy atom. The number of aliphatic hydroxyl groups is 2. The SMILES string of the molecule is Cc1cc(CO)nn(Cc2nc(C[C@H](O)c3ccc(Cl)cc3)no2)c1=O. The van der Waals surface area contributed by atoms with Crippen LogP contribution in [0.25, 0.3) is 0 Å². The quantitative estimate of drug-likeness (QED) is 0.668. The molecule has 2 aromatic heterocycles. The second-order valence-electron chi connectivity index (χ2n) is 5.82. The maximum atomic E-state index is 12.1. The van der Waals surface area contributed by atoms with Gasteiger partial charge in [0.2, 0.25) is 5.89 Å². The first-order valence-electron chi connectivity index (χ1n) is 7.89. The van der Waals surface area contributed by atoms with E-state index in [0.29, 0.717) is 27.7 Å². The first-order chi connectivity index (χ1) is 12.5. The molecule has 0 radical (unpaired) electrons. The molecular weight excluding hydrogens is 360 g/mol. The summed E-state index contributed by atoms with van der Waals surface area (Å²) in [7, 11) is 0. The third-order valence-corrected chi connectivity index (χ3v) is 4.04. The number of rotatable bonds is 6. The van der Waals surface area contributed by atoms with Crippen molar-refractivity contribution in [1.29, 1.82) is 0 Å². The molecule has 0 aliphatic rings. The molecule has 0 aliphatic carbocycles. The van der Waals surface area contributed by atoms with Gasteiger partial charge in [-0.25, -0.2) is 4.68 Å². The van der Waals surface area contributed by atoms with Gasteiger partial charge in [-0.15, -0.1) is 0 Å². The van der Waals surface area contributed by atoms with E-state index in [1.54, 1.807) is 31.2 Å². The second kappa shape index (κ2) is 7.77. The molecule has 1 aromatic carbocycles. The number of halogens is 1. The maximum absolute atomic E-state index is 12.1. The average Bonchev–Trinajstić information content (AvgIpc) is 3.06. The molecule has 0 aliphatic heterocycles. The van der Waals surface area contributed by atoms with Gasteiger partial charge >= 0.3 is 0 Å². The fraction of sp³-hybridized carbons (Fsp3) is 0.294. The van der Waals surface area contributed by atoms with Crippen molar-refractivity contribution in [2.75, 3.05) is 0 Å². The van der Waals surface area contributed by atoms with Gasteiger partial charge in [0.1, 0.15) is 6.54 Å². The van der Waals surface area contributed by atoms with Gasteiger partial charge in [0, 0.05) is 17.0 Å². The topological polar surface area (TPSA) is 114 Å². The van der Waals surface area contributed by atoms with E-state index in [0.717, 1.165) is 4.68 Å². The molecule has 2 heterocycles. The summed E-state index contributed by atoms with van der Waals surface area (Å²) in [4.78, 5) is 16.3. The highest BCUT2D eigenvalue weighted by Crippen LogP contribution is 2.19. The van der Waals surface area contributed by atoms with Crippen molar-refractivity contribution in [2.24, 2.45) is 0 Å². The molecule has 0 amide bonds. The van der Waals surface area contributed by atoms with E-state index in [-0.39, 0.29) is 31.0 Å². The Morgan fingerprint density at radius 3 is 2.73 bits per heavy atom. The molecule has 0 saturated carbocycles. The molecule has 0 fully saturated rings. The highest BCUT2D eigenvalue weighted by molar-refractivity contribution is 6.30. The van der Waals surface area contributed by atoms with Gasteiger partial charge in [0.25, 0.3) is 5.56 Å². The minimum absolute atomic E-state index is 0.0163. The Balaban J connectivity index is 1.73. The summed E-state index contributed by atoms with van der Waals surface area (Å²) in [6, 6.07) is 8.36. The molecule has 136 valence electrons. The molecule has 26 heavy (non-hydrogen) atoms. The Morgan fingerprint density at radius 2 is 2.04 bits per heavy atom. The summed E-state index contributed by atoms with van der Waals surface area (Å²) in [5.41, 5.74) is 1.22. The number of aryl methyl sites for hydroxylation is 1. The van der Waals surface area contributed by atoms with E-state index in [9.17, 15) is 15.0 Å². The maximum Gasteiger partial charge on any atom is 0.270 e. The summed E-state index contributed by atoms with van der Waals surface area (Å²) in [6.45, 7) is 1.35. The van der Waals surface area contributed by atoms with Gasteiger partial charge in [-0.1, -0.05) is 28.9 Å². The predicted molar refractivity (Wildman–Crippen MR) is 92.7 cm³/mol. The van der Waals surface area contributed by atoms with E-state index in [4.69, 9.17) is 16.1 Å². The Kier molecular flexibility index (Phi) is 5.46. The minimum atomic E-state index is -0.807. The number of aromatic nitrogens is 4. The van der Waals surface area contributed by atoms with Crippen molar-refractivity contribution in [1.82, 2.24) is 19.9 Å². The summed E-state index contributed by atoms with van der Waals surface area (Å²) in [6.07, 6.45) is -0.651. The highest BCUT2D eigenvalue weighted by Gasteiger charge is 2.15. The number of benzene rings is 1. The van der Waals surface area contributed by atoms with Crippen molar-refractivity contribution in [2.45, 2.75) is 32.6 Å². The van der Waals surface area contributed by atoms with E-state index in [1.807, 2.05) is 0 Å². The molecule has 2 N–H and O–H groups in total. The monoisotopic (exact) mass is 376 g/mol. The summed E-state index contributed by atoms with van der Waals surface area (Å²) in [5.74, 6) is 0.498. The zero-order valence-electron chi connectivity index (χ0n) is 14.0. The molecule has 8 nitrogen and oxygen atoms in total. The van der Waals surface area contributed by atoms with Crippen LogP contribution in [0.5, 0.6) is 0 Å². The van der Waals surface area contributed by atoms with Crippen LogP contribution in [-0.2, 0) is 19.6 Å². The van der Waals surface area contributed by atoms with Crippen LogP contribution in [0, 0.1) is 6.92 Å². The lowest BCUT2D eigenvalue weighted by Gasteiger charge is -2.08. The van der Waals surface area contributed by atoms with Crippen molar-refractivity contribution >= 4 is 11.6 Å². The van der Waals surface area contributed by atoms with Gasteiger partial charge < -0.3 is 14.7 Å². The van der Waals surface area contributed by atoms with Crippen molar-refractivity contribution < 1.29 is 14.7 Å². The summed E-state index contributed by atoms with van der Waals surface area (Å²) < 4.78 is 6.30. The van der Waals surface area contributed by atoms with Crippen LogP contribution in [0.4, 0.5) is 0 Å². The van der Waals surface area contributed by atoms with E-state index in [2.05, 4.69) is 15.2 Å². The van der Waals surface area contributed by atoms with Crippen molar-refractivity contribution in [3.63, 3.8) is 0 Å². The largest absolute Gasteiger partial charge is 0.390 e. The molecule has 3 aromatic rings. The van der Waals surface area contributed by atoms with Crippen LogP contribution in [0.15, 0.2) is 39.6 Å². The first-order valence-corrected chi connectivity index (χ1v) is 8.27. The number of aliphatic hydroxyl groups excluding tert-OH is 2. The van der Waals surface area contributed by atoms with Gasteiger partial charge in [-0.05, 0) is 30.7 Å². The third kappa shape index (κ3) is 4.16. The molecule has 0 spiro atoms. The van der Waals surface area contributed by atoms with Crippen LogP contribution in [0.2, 0.25) is 5.02 Å². The van der Waals surface area contributed by atoms with Crippen LogP contribution in [0.1, 0.15) is 34.6 Å². The van der Waals surface area contributed by atoms with E-state index < -0.39 is 6.10 Å². The number of hydrogen-bond donors (Lipinski definition) is 2. The Hall–Kier alpha value is -2.55. The second-order valence-corrected chi connectivity index (χ2v) is 6.25. The van der Waals surface area contributed by atoms with E-state index >= 15 is 0 Å². The van der Waals surface area contributed by atoms with Crippen LogP contribution in [0.3, 0.4) is 0 Å². The van der Waals surface area contributed by atoms with E-state index in [1.165, 1.54) is 6.07 Å². The average molecular weight is 377 g/mol. The lowest BCUT2D eigenvalue weighted by atomic mass is 10.1. The Labute approximate surface area is 153 Å². The zero-order chi connectivity index (χ0) is 18.7.